The van der Waals surface area contributed by atoms with E-state index in [1.165, 1.54) is 0 Å². The van der Waals surface area contributed by atoms with Crippen LogP contribution in [-0.4, -0.2) is 59.1 Å². The van der Waals surface area contributed by atoms with Crippen molar-refractivity contribution in [1.29, 1.82) is 0 Å². The normalized spacial score (nSPS) is 13.9. The van der Waals surface area contributed by atoms with Crippen LogP contribution in [0.15, 0.2) is 48.3 Å². The van der Waals surface area contributed by atoms with Crippen molar-refractivity contribution in [2.24, 2.45) is 10.8 Å². The summed E-state index contributed by atoms with van der Waals surface area (Å²) in [6.45, 7) is 6.21. The Kier molecular flexibility index (Phi) is 6.98. The van der Waals surface area contributed by atoms with E-state index in [0.717, 1.165) is 21.6 Å². The first-order valence-corrected chi connectivity index (χ1v) is 8.00. The van der Waals surface area contributed by atoms with Gasteiger partial charge in [-0.3, -0.25) is 9.59 Å². The summed E-state index contributed by atoms with van der Waals surface area (Å²) in [5.74, 6) is -0.965. The van der Waals surface area contributed by atoms with Crippen molar-refractivity contribution in [3.05, 3.63) is 48.7 Å². The zero-order chi connectivity index (χ0) is 20.7. The van der Waals surface area contributed by atoms with Gasteiger partial charge in [0.25, 0.3) is 5.91 Å². The number of benzene rings is 1. The number of esters is 1. The Bertz CT molecular complexity index is 820. The number of rotatable bonds is 9. The summed E-state index contributed by atoms with van der Waals surface area (Å²) in [4.78, 5) is 35.7. The van der Waals surface area contributed by atoms with E-state index in [-0.39, 0.29) is 24.6 Å². The average molecular weight is 390 g/mol. The molecule has 11 heteroatoms. The molecule has 0 bridgehead atoms. The number of urea groups is 1. The second-order valence-corrected chi connectivity index (χ2v) is 5.50. The van der Waals surface area contributed by atoms with Crippen LogP contribution in [0.25, 0.3) is 5.76 Å². The summed E-state index contributed by atoms with van der Waals surface area (Å²) < 4.78 is 10.1. The summed E-state index contributed by atoms with van der Waals surface area (Å²) in [5.41, 5.74) is 7.33. The minimum atomic E-state index is -0.756. The Morgan fingerprint density at radius 2 is 2.00 bits per heavy atom. The van der Waals surface area contributed by atoms with Gasteiger partial charge in [0.2, 0.25) is 0 Å². The molecule has 1 fully saturated rings. The van der Waals surface area contributed by atoms with Crippen LogP contribution in [0.4, 0.5) is 10.5 Å². The smallest absolute Gasteiger partial charge is 0.350 e. The van der Waals surface area contributed by atoms with Gasteiger partial charge in [-0.25, -0.2) is 19.9 Å². The first-order valence-electron chi connectivity index (χ1n) is 8.00. The second kappa shape index (κ2) is 9.41. The lowest BCUT2D eigenvalue weighted by atomic mass is 10.2. The van der Waals surface area contributed by atoms with Crippen LogP contribution in [-0.2, 0) is 19.1 Å². The molecule has 2 rings (SSSR count). The van der Waals surface area contributed by atoms with Gasteiger partial charge in [-0.05, 0) is 12.1 Å². The topological polar surface area (TPSA) is 151 Å². The molecule has 1 aliphatic heterocycles. The van der Waals surface area contributed by atoms with Gasteiger partial charge < -0.3 is 15.2 Å². The fraction of sp³-hybridized carbons (Fsp3) is 0.176. The van der Waals surface area contributed by atoms with Gasteiger partial charge in [0.15, 0.2) is 12.4 Å². The maximum absolute atomic E-state index is 12.1. The van der Waals surface area contributed by atoms with Gasteiger partial charge in [-0.2, -0.15) is 10.6 Å². The van der Waals surface area contributed by atoms with Crippen LogP contribution < -0.4 is 11.2 Å². The third-order valence-corrected chi connectivity index (χ3v) is 3.54. The number of quaternary nitrogens is 1. The fourth-order valence-corrected chi connectivity index (χ4v) is 2.07. The molecule has 28 heavy (non-hydrogen) atoms. The third-order valence-electron chi connectivity index (χ3n) is 3.54. The first kappa shape index (κ1) is 20.8. The SMILES string of the molecule is C=C(/C=N/N1CC(=O)N(COC(=O)CN)C1=O)OC(=C)c1ccc([NH2+]O)cc1. The van der Waals surface area contributed by atoms with Crippen LogP contribution >= 0.6 is 0 Å². The first-order chi connectivity index (χ1) is 13.3. The number of imide groups is 1. The van der Waals surface area contributed by atoms with Crippen molar-refractivity contribution in [2.45, 2.75) is 0 Å². The van der Waals surface area contributed by atoms with Gasteiger partial charge in [0.05, 0.1) is 12.8 Å². The predicted octanol–water partition coefficient (Wildman–Crippen LogP) is -0.519. The van der Waals surface area contributed by atoms with Crippen molar-refractivity contribution in [3.63, 3.8) is 0 Å². The largest absolute Gasteiger partial charge is 0.456 e. The van der Waals surface area contributed by atoms with Crippen LogP contribution in [0, 0.1) is 0 Å². The molecule has 0 saturated carbocycles. The molecule has 0 spiro atoms. The highest BCUT2D eigenvalue weighted by Gasteiger charge is 2.36. The molecule has 1 saturated heterocycles. The molecule has 1 aromatic rings. The van der Waals surface area contributed by atoms with E-state index in [0.29, 0.717) is 11.3 Å². The van der Waals surface area contributed by atoms with Gasteiger partial charge >= 0.3 is 12.0 Å². The molecule has 1 aliphatic rings. The van der Waals surface area contributed by atoms with Gasteiger partial charge in [0.1, 0.15) is 18.1 Å². The highest BCUT2D eigenvalue weighted by atomic mass is 16.5. The summed E-state index contributed by atoms with van der Waals surface area (Å²) in [6, 6.07) is 5.96. The van der Waals surface area contributed by atoms with Crippen LogP contribution in [0.3, 0.4) is 0 Å². The maximum Gasteiger partial charge on any atom is 0.350 e. The van der Waals surface area contributed by atoms with Gasteiger partial charge in [0, 0.05) is 17.7 Å². The molecule has 148 valence electrons. The number of carbonyl (C=O) groups is 3. The van der Waals surface area contributed by atoms with Crippen LogP contribution in [0.2, 0.25) is 0 Å². The Labute approximate surface area is 160 Å². The quantitative estimate of drug-likeness (QED) is 0.128. The van der Waals surface area contributed by atoms with Crippen molar-refractivity contribution in [1.82, 2.24) is 9.91 Å². The van der Waals surface area contributed by atoms with Crippen molar-refractivity contribution in [3.8, 4) is 0 Å². The number of nitrogens with two attached hydrogens (primary N) is 2. The maximum atomic E-state index is 12.1. The van der Waals surface area contributed by atoms with Crippen LogP contribution in [0.5, 0.6) is 0 Å². The highest BCUT2D eigenvalue weighted by Crippen LogP contribution is 2.18. The molecule has 0 aliphatic carbocycles. The van der Waals surface area contributed by atoms with Gasteiger partial charge in [-0.1, -0.05) is 13.2 Å². The molecule has 3 amide bonds. The minimum Gasteiger partial charge on any atom is -0.456 e. The second-order valence-electron chi connectivity index (χ2n) is 5.50. The molecule has 1 heterocycles. The number of hydrogen-bond donors (Lipinski definition) is 3. The van der Waals surface area contributed by atoms with E-state index in [2.05, 4.69) is 23.0 Å². The fourth-order valence-electron chi connectivity index (χ4n) is 2.07. The molecule has 0 atom stereocenters. The third kappa shape index (κ3) is 5.23. The number of amides is 3. The standard InChI is InChI=1S/C17H19N5O6/c1-11(28-12(2)13-3-5-14(20-26)6-4-13)8-19-22-9-15(23)21(17(22)25)10-27-16(24)7-18/h3-6,8,20,26H,1-2,7,9-10,18H2/p+1/b19-8+. The van der Waals surface area contributed by atoms with Gasteiger partial charge in [-0.15, -0.1) is 0 Å². The number of carbonyl (C=O) groups excluding carboxylic acids is 3. The lowest BCUT2D eigenvalue weighted by Gasteiger charge is -2.13. The molecule has 5 N–H and O–H groups in total. The van der Waals surface area contributed by atoms with Crippen LogP contribution in [0.1, 0.15) is 5.56 Å². The lowest BCUT2D eigenvalue weighted by Crippen LogP contribution is -2.73. The molecular formula is C17H20N5O6+. The number of allylic oxidation sites excluding steroid dienone is 1. The van der Waals surface area contributed by atoms with Crippen molar-refractivity contribution >= 4 is 35.6 Å². The molecule has 0 unspecified atom stereocenters. The Balaban J connectivity index is 1.90. The molecule has 1 aromatic carbocycles. The zero-order valence-electron chi connectivity index (χ0n) is 14.9. The van der Waals surface area contributed by atoms with E-state index >= 15 is 0 Å². The number of ether oxygens (including phenoxy) is 2. The van der Waals surface area contributed by atoms with E-state index in [9.17, 15) is 14.4 Å². The summed E-state index contributed by atoms with van der Waals surface area (Å²) in [7, 11) is 0. The van der Waals surface area contributed by atoms with E-state index < -0.39 is 24.6 Å². The Morgan fingerprint density at radius 1 is 1.32 bits per heavy atom. The summed E-state index contributed by atoms with van der Waals surface area (Å²) in [6.07, 6.45) is 1.15. The molecular weight excluding hydrogens is 370 g/mol. The molecule has 11 nitrogen and oxygen atoms in total. The molecule has 0 aromatic heterocycles. The monoisotopic (exact) mass is 390 g/mol. The van der Waals surface area contributed by atoms with E-state index in [1.54, 1.807) is 24.3 Å². The zero-order valence-corrected chi connectivity index (χ0v) is 14.9. The minimum absolute atomic E-state index is 0.0797. The van der Waals surface area contributed by atoms with Crippen molar-refractivity contribution < 1.29 is 34.5 Å². The number of nitrogens with zero attached hydrogens (tertiary/aromatic N) is 3. The summed E-state index contributed by atoms with van der Waals surface area (Å²) in [5, 5.41) is 13.6. The number of hydrazone groups is 1. The number of hydrogen-bond acceptors (Lipinski definition) is 8. The Hall–Kier alpha value is -3.54. The van der Waals surface area contributed by atoms with Crippen molar-refractivity contribution in [2.75, 3.05) is 19.8 Å². The van der Waals surface area contributed by atoms with E-state index in [4.69, 9.17) is 15.7 Å². The predicted molar refractivity (Wildman–Crippen MR) is 96.5 cm³/mol. The molecule has 0 radical (unpaired) electrons. The average Bonchev–Trinajstić information content (AvgIpc) is 2.97. The summed E-state index contributed by atoms with van der Waals surface area (Å²) >= 11 is 0. The lowest BCUT2D eigenvalue weighted by molar-refractivity contribution is -0.825. The van der Waals surface area contributed by atoms with E-state index in [1.807, 2.05) is 0 Å². The highest BCUT2D eigenvalue weighted by molar-refractivity contribution is 6.02. The Morgan fingerprint density at radius 3 is 2.61 bits per heavy atom.